The fourth-order valence-electron chi connectivity index (χ4n) is 2.57. The van der Waals surface area contributed by atoms with Crippen LogP contribution in [-0.2, 0) is 6.42 Å². The Labute approximate surface area is 160 Å². The maximum Gasteiger partial charge on any atom is 0.315 e. The van der Waals surface area contributed by atoms with Gasteiger partial charge in [0.1, 0.15) is 0 Å². The maximum atomic E-state index is 12.1. The lowest BCUT2D eigenvalue weighted by molar-refractivity contribution is 0.238. The zero-order chi connectivity index (χ0) is 18.4. The summed E-state index contributed by atoms with van der Waals surface area (Å²) in [4.78, 5) is 13.4. The summed E-state index contributed by atoms with van der Waals surface area (Å²) in [6.45, 7) is 4.53. The first kappa shape index (κ1) is 19.6. The van der Waals surface area contributed by atoms with E-state index in [1.165, 1.54) is 4.88 Å². The summed E-state index contributed by atoms with van der Waals surface area (Å²) in [6.07, 6.45) is 0.813. The number of thiophene rings is 1. The van der Waals surface area contributed by atoms with Crippen molar-refractivity contribution in [1.29, 1.82) is 0 Å². The lowest BCUT2D eigenvalue weighted by Crippen LogP contribution is -2.38. The second-order valence-corrected chi connectivity index (χ2v) is 8.19. The first-order chi connectivity index (χ1) is 11.9. The molecular formula is C18H23BrN2O3S. The van der Waals surface area contributed by atoms with Crippen LogP contribution in [-0.4, -0.2) is 26.8 Å². The van der Waals surface area contributed by atoms with Crippen molar-refractivity contribution >= 4 is 33.3 Å². The van der Waals surface area contributed by atoms with E-state index in [0.29, 0.717) is 18.0 Å². The summed E-state index contributed by atoms with van der Waals surface area (Å²) >= 11 is 5.12. The molecule has 7 heteroatoms. The summed E-state index contributed by atoms with van der Waals surface area (Å²) in [6, 6.07) is 7.57. The highest BCUT2D eigenvalue weighted by Crippen LogP contribution is 2.32. The Hall–Kier alpha value is -1.73. The molecule has 0 fully saturated rings. The Morgan fingerprint density at radius 3 is 2.52 bits per heavy atom. The number of hydrogen-bond acceptors (Lipinski definition) is 4. The first-order valence-electron chi connectivity index (χ1n) is 7.95. The fraction of sp³-hybridized carbons (Fsp3) is 0.389. The molecule has 0 aliphatic heterocycles. The van der Waals surface area contributed by atoms with Crippen molar-refractivity contribution < 1.29 is 14.3 Å². The summed E-state index contributed by atoms with van der Waals surface area (Å²) in [7, 11) is 3.21. The number of ether oxygens (including phenoxy) is 2. The van der Waals surface area contributed by atoms with Crippen LogP contribution in [0.25, 0.3) is 0 Å². The van der Waals surface area contributed by atoms with E-state index in [1.807, 2.05) is 32.0 Å². The Morgan fingerprint density at radius 1 is 1.24 bits per heavy atom. The molecule has 2 amide bonds. The van der Waals surface area contributed by atoms with Crippen molar-refractivity contribution in [2.75, 3.05) is 20.8 Å². The van der Waals surface area contributed by atoms with Gasteiger partial charge in [-0.25, -0.2) is 4.79 Å². The molecule has 0 bridgehead atoms. The van der Waals surface area contributed by atoms with Crippen LogP contribution in [0.2, 0.25) is 0 Å². The molecule has 2 N–H and O–H groups in total. The smallest absolute Gasteiger partial charge is 0.315 e. The number of carbonyl (C=O) groups excluding carboxylic acids is 1. The summed E-state index contributed by atoms with van der Waals surface area (Å²) in [5.74, 6) is 1.34. The number of benzene rings is 1. The lowest BCUT2D eigenvalue weighted by Gasteiger charge is -2.19. The van der Waals surface area contributed by atoms with Gasteiger partial charge in [-0.2, -0.15) is 0 Å². The van der Waals surface area contributed by atoms with Crippen LogP contribution in [0.15, 0.2) is 28.1 Å². The molecule has 2 rings (SSSR count). The molecule has 1 unspecified atom stereocenters. The van der Waals surface area contributed by atoms with Crippen LogP contribution in [0.5, 0.6) is 11.5 Å². The highest BCUT2D eigenvalue weighted by Gasteiger charge is 2.15. The van der Waals surface area contributed by atoms with Gasteiger partial charge in [-0.15, -0.1) is 11.3 Å². The maximum absolute atomic E-state index is 12.1. The molecule has 25 heavy (non-hydrogen) atoms. The number of carbonyl (C=O) groups is 1. The van der Waals surface area contributed by atoms with E-state index in [0.717, 1.165) is 21.3 Å². The predicted octanol–water partition coefficient (Wildman–Crippen LogP) is 4.44. The quantitative estimate of drug-likeness (QED) is 0.687. The van der Waals surface area contributed by atoms with Gasteiger partial charge < -0.3 is 20.1 Å². The van der Waals surface area contributed by atoms with Crippen LogP contribution in [0.1, 0.15) is 29.0 Å². The molecular weight excluding hydrogens is 404 g/mol. The minimum Gasteiger partial charge on any atom is -0.493 e. The molecule has 136 valence electrons. The number of aryl methyl sites for hydroxylation is 1. The molecule has 0 aliphatic carbocycles. The largest absolute Gasteiger partial charge is 0.493 e. The molecule has 0 radical (unpaired) electrons. The van der Waals surface area contributed by atoms with Crippen LogP contribution >= 0.6 is 27.3 Å². The summed E-state index contributed by atoms with van der Waals surface area (Å²) in [5, 5.41) is 5.86. The van der Waals surface area contributed by atoms with Gasteiger partial charge >= 0.3 is 6.03 Å². The van der Waals surface area contributed by atoms with Crippen LogP contribution in [0.3, 0.4) is 0 Å². The molecule has 1 atom stereocenters. The zero-order valence-corrected chi connectivity index (χ0v) is 17.2. The number of rotatable bonds is 7. The Balaban J connectivity index is 1.92. The van der Waals surface area contributed by atoms with E-state index in [2.05, 4.69) is 32.6 Å². The molecule has 5 nitrogen and oxygen atoms in total. The number of amides is 2. The molecule has 0 saturated carbocycles. The van der Waals surface area contributed by atoms with Crippen LogP contribution in [0.4, 0.5) is 4.79 Å². The minimum atomic E-state index is -0.183. The van der Waals surface area contributed by atoms with E-state index in [-0.39, 0.29) is 12.1 Å². The standard InChI is InChI=1S/C18H23BrN2O3S/c1-11-9-15(23-3)16(24-4)10-14(11)12(2)21-18(22)20-8-7-13-5-6-17(19)25-13/h5-6,9-10,12H,7-8H2,1-4H3,(H2,20,21,22). The van der Waals surface area contributed by atoms with Gasteiger partial charge in [0, 0.05) is 11.4 Å². The Bertz CT molecular complexity index is 733. The third-order valence-electron chi connectivity index (χ3n) is 3.87. The fourth-order valence-corrected chi connectivity index (χ4v) is 4.06. The van der Waals surface area contributed by atoms with Gasteiger partial charge in [-0.1, -0.05) is 0 Å². The van der Waals surface area contributed by atoms with Gasteiger partial charge in [-0.3, -0.25) is 0 Å². The first-order valence-corrected chi connectivity index (χ1v) is 9.56. The van der Waals surface area contributed by atoms with Crippen molar-refractivity contribution in [3.63, 3.8) is 0 Å². The average Bonchev–Trinajstić information content (AvgIpc) is 2.99. The van der Waals surface area contributed by atoms with Gasteiger partial charge in [0.25, 0.3) is 0 Å². The van der Waals surface area contributed by atoms with Gasteiger partial charge in [0.05, 0.1) is 24.0 Å². The zero-order valence-electron chi connectivity index (χ0n) is 14.8. The molecule has 1 aromatic carbocycles. The number of urea groups is 1. The topological polar surface area (TPSA) is 59.6 Å². The Kier molecular flexibility index (Phi) is 7.13. The van der Waals surface area contributed by atoms with Crippen molar-refractivity contribution in [3.05, 3.63) is 44.1 Å². The molecule has 0 saturated heterocycles. The van der Waals surface area contributed by atoms with Gasteiger partial charge in [0.2, 0.25) is 0 Å². The molecule has 0 aliphatic rings. The number of methoxy groups -OCH3 is 2. The second kappa shape index (κ2) is 9.10. The second-order valence-electron chi connectivity index (χ2n) is 5.64. The van der Waals surface area contributed by atoms with Crippen molar-refractivity contribution in [2.45, 2.75) is 26.3 Å². The van der Waals surface area contributed by atoms with E-state index >= 15 is 0 Å². The third kappa shape index (κ3) is 5.37. The van der Waals surface area contributed by atoms with Crippen molar-refractivity contribution in [1.82, 2.24) is 10.6 Å². The third-order valence-corrected chi connectivity index (χ3v) is 5.56. The van der Waals surface area contributed by atoms with Crippen molar-refractivity contribution in [3.8, 4) is 11.5 Å². The number of halogens is 1. The Morgan fingerprint density at radius 2 is 1.92 bits per heavy atom. The van der Waals surface area contributed by atoms with Crippen LogP contribution < -0.4 is 20.1 Å². The van der Waals surface area contributed by atoms with E-state index in [9.17, 15) is 4.79 Å². The molecule has 1 heterocycles. The van der Waals surface area contributed by atoms with E-state index < -0.39 is 0 Å². The number of nitrogens with one attached hydrogen (secondary N) is 2. The highest BCUT2D eigenvalue weighted by atomic mass is 79.9. The molecule has 2 aromatic rings. The van der Waals surface area contributed by atoms with E-state index in [1.54, 1.807) is 25.6 Å². The van der Waals surface area contributed by atoms with E-state index in [4.69, 9.17) is 9.47 Å². The van der Waals surface area contributed by atoms with Gasteiger partial charge in [-0.05, 0) is 71.6 Å². The van der Waals surface area contributed by atoms with Crippen LogP contribution in [0, 0.1) is 6.92 Å². The number of hydrogen-bond donors (Lipinski definition) is 2. The predicted molar refractivity (Wildman–Crippen MR) is 105 cm³/mol. The average molecular weight is 427 g/mol. The summed E-state index contributed by atoms with van der Waals surface area (Å²) < 4.78 is 11.8. The molecule has 0 spiro atoms. The minimum absolute atomic E-state index is 0.143. The highest BCUT2D eigenvalue weighted by molar-refractivity contribution is 9.11. The SMILES string of the molecule is COc1cc(C)c(C(C)NC(=O)NCCc2ccc(Br)s2)cc1OC. The van der Waals surface area contributed by atoms with Crippen molar-refractivity contribution in [2.24, 2.45) is 0 Å². The molecule has 1 aromatic heterocycles. The van der Waals surface area contributed by atoms with Gasteiger partial charge in [0.15, 0.2) is 11.5 Å². The normalized spacial score (nSPS) is 11.7. The summed E-state index contributed by atoms with van der Waals surface area (Å²) in [5.41, 5.74) is 2.03. The monoisotopic (exact) mass is 426 g/mol. The lowest BCUT2D eigenvalue weighted by atomic mass is 10.0.